The third-order valence-electron chi connectivity index (χ3n) is 3.09. The Kier molecular flexibility index (Phi) is 3.35. The second-order valence-corrected chi connectivity index (χ2v) is 4.78. The van der Waals surface area contributed by atoms with Gasteiger partial charge in [0, 0.05) is 12.1 Å². The van der Waals surface area contributed by atoms with Gasteiger partial charge < -0.3 is 11.1 Å². The molecule has 0 amide bonds. The van der Waals surface area contributed by atoms with E-state index in [1.807, 2.05) is 30.5 Å². The van der Waals surface area contributed by atoms with Crippen molar-refractivity contribution in [2.24, 2.45) is 5.73 Å². The Morgan fingerprint density at radius 3 is 2.70 bits per heavy atom. The summed E-state index contributed by atoms with van der Waals surface area (Å²) >= 11 is 0. The number of hydrogen-bond acceptors (Lipinski definition) is 4. The number of benzene rings is 1. The second kappa shape index (κ2) is 5.30. The van der Waals surface area contributed by atoms with Crippen molar-refractivity contribution in [3.63, 3.8) is 0 Å². The molecule has 0 saturated heterocycles. The Hall–Kier alpha value is -2.40. The van der Waals surface area contributed by atoms with Crippen LogP contribution in [0.15, 0.2) is 42.6 Å². The summed E-state index contributed by atoms with van der Waals surface area (Å²) in [5.41, 5.74) is 9.60. The number of fused-ring (bicyclic) bond motifs is 1. The van der Waals surface area contributed by atoms with Crippen molar-refractivity contribution < 1.29 is 0 Å². The second-order valence-electron chi connectivity index (χ2n) is 4.78. The van der Waals surface area contributed by atoms with E-state index in [0.29, 0.717) is 6.54 Å². The third kappa shape index (κ3) is 2.62. The largest absolute Gasteiger partial charge is 0.339 e. The van der Waals surface area contributed by atoms with E-state index >= 15 is 0 Å². The molecule has 20 heavy (non-hydrogen) atoms. The summed E-state index contributed by atoms with van der Waals surface area (Å²) in [4.78, 5) is 4.45. The number of hydrogen-bond donors (Lipinski definition) is 2. The van der Waals surface area contributed by atoms with Crippen LogP contribution in [0.25, 0.3) is 5.65 Å². The maximum atomic E-state index is 5.54. The van der Waals surface area contributed by atoms with Crippen LogP contribution in [0.2, 0.25) is 0 Å². The molecule has 102 valence electrons. The number of nitrogens with one attached hydrogen (secondary N) is 1. The molecule has 3 N–H and O–H groups in total. The Labute approximate surface area is 117 Å². The van der Waals surface area contributed by atoms with Crippen LogP contribution in [-0.4, -0.2) is 21.1 Å². The molecule has 0 aliphatic carbocycles. The van der Waals surface area contributed by atoms with Gasteiger partial charge in [0.2, 0.25) is 0 Å². The summed E-state index contributed by atoms with van der Waals surface area (Å²) < 4.78 is 1.78. The van der Waals surface area contributed by atoms with Crippen LogP contribution in [0.1, 0.15) is 11.3 Å². The third-order valence-corrected chi connectivity index (χ3v) is 3.09. The molecule has 0 bridgehead atoms. The van der Waals surface area contributed by atoms with Crippen molar-refractivity contribution in [3.8, 4) is 0 Å². The highest BCUT2D eigenvalue weighted by atomic mass is 15.3. The molecular formula is C15H17N5. The fourth-order valence-corrected chi connectivity index (χ4v) is 2.05. The van der Waals surface area contributed by atoms with Crippen molar-refractivity contribution in [2.75, 3.05) is 11.9 Å². The molecule has 0 atom stereocenters. The van der Waals surface area contributed by atoms with E-state index < -0.39 is 0 Å². The number of aryl methyl sites for hydroxylation is 1. The van der Waals surface area contributed by atoms with E-state index in [2.05, 4.69) is 34.5 Å². The highest BCUT2D eigenvalue weighted by molar-refractivity contribution is 5.57. The smallest absolute Gasteiger partial charge is 0.153 e. The summed E-state index contributed by atoms with van der Waals surface area (Å²) in [6.07, 6.45) is 2.69. The lowest BCUT2D eigenvalue weighted by Crippen LogP contribution is -2.02. The van der Waals surface area contributed by atoms with Crippen LogP contribution >= 0.6 is 0 Å². The van der Waals surface area contributed by atoms with Gasteiger partial charge in [0.1, 0.15) is 0 Å². The molecular weight excluding hydrogens is 250 g/mol. The van der Waals surface area contributed by atoms with Gasteiger partial charge in [-0.3, -0.25) is 0 Å². The number of anilines is 2. The number of aromatic nitrogens is 3. The zero-order valence-corrected chi connectivity index (χ0v) is 11.4. The Bertz CT molecular complexity index is 715. The minimum atomic E-state index is 0.596. The number of imidazole rings is 1. The van der Waals surface area contributed by atoms with Gasteiger partial charge in [-0.2, -0.15) is 0 Å². The van der Waals surface area contributed by atoms with Crippen molar-refractivity contribution >= 4 is 17.2 Å². The predicted octanol–water partition coefficient (Wildman–Crippen LogP) is 2.28. The molecule has 2 heterocycles. The molecule has 0 radical (unpaired) electrons. The van der Waals surface area contributed by atoms with Crippen LogP contribution in [0.4, 0.5) is 11.5 Å². The summed E-state index contributed by atoms with van der Waals surface area (Å²) in [6, 6.07) is 12.1. The molecule has 0 spiro atoms. The van der Waals surface area contributed by atoms with Crippen molar-refractivity contribution in [2.45, 2.75) is 13.3 Å². The molecule has 1 aromatic carbocycles. The predicted molar refractivity (Wildman–Crippen MR) is 80.2 cm³/mol. The van der Waals surface area contributed by atoms with Gasteiger partial charge in [-0.15, -0.1) is 5.10 Å². The number of rotatable bonds is 4. The van der Waals surface area contributed by atoms with E-state index in [0.717, 1.165) is 29.3 Å². The van der Waals surface area contributed by atoms with Gasteiger partial charge in [0.15, 0.2) is 11.5 Å². The molecule has 0 fully saturated rings. The van der Waals surface area contributed by atoms with Crippen LogP contribution < -0.4 is 11.1 Å². The van der Waals surface area contributed by atoms with E-state index in [4.69, 9.17) is 5.73 Å². The normalized spacial score (nSPS) is 10.9. The van der Waals surface area contributed by atoms with Crippen molar-refractivity contribution in [1.82, 2.24) is 14.6 Å². The zero-order valence-electron chi connectivity index (χ0n) is 11.4. The Morgan fingerprint density at radius 1 is 1.15 bits per heavy atom. The summed E-state index contributed by atoms with van der Waals surface area (Å²) in [5, 5.41) is 7.78. The molecule has 3 aromatic rings. The highest BCUT2D eigenvalue weighted by Gasteiger charge is 2.03. The maximum absolute atomic E-state index is 5.54. The number of nitrogens with zero attached hydrogens (tertiary/aromatic N) is 3. The topological polar surface area (TPSA) is 68.2 Å². The first kappa shape index (κ1) is 12.6. The Morgan fingerprint density at radius 2 is 1.95 bits per heavy atom. The molecule has 5 heteroatoms. The molecule has 0 unspecified atom stereocenters. The molecule has 2 aromatic heterocycles. The fraction of sp³-hybridized carbons (Fsp3) is 0.200. The van der Waals surface area contributed by atoms with E-state index in [9.17, 15) is 0 Å². The lowest BCUT2D eigenvalue weighted by atomic mass is 10.2. The van der Waals surface area contributed by atoms with Gasteiger partial charge >= 0.3 is 0 Å². The summed E-state index contributed by atoms with van der Waals surface area (Å²) in [7, 11) is 0. The molecule has 0 aliphatic rings. The molecule has 3 rings (SSSR count). The Balaban J connectivity index is 1.86. The lowest BCUT2D eigenvalue weighted by Gasteiger charge is -2.05. The SMILES string of the molecule is Cc1ccc(Nc2ccc3nc(CCN)cn3n2)cc1. The summed E-state index contributed by atoms with van der Waals surface area (Å²) in [6.45, 7) is 2.66. The average Bonchev–Trinajstić information content (AvgIpc) is 2.83. The standard InChI is InChI=1S/C15H17N5/c1-11-2-4-12(5-3-11)17-14-6-7-15-18-13(8-9-16)10-20(15)19-14/h2-7,10H,8-9,16H2,1H3,(H,17,19). The van der Waals surface area contributed by atoms with E-state index in [1.54, 1.807) is 4.52 Å². The minimum Gasteiger partial charge on any atom is -0.339 e. The minimum absolute atomic E-state index is 0.596. The monoisotopic (exact) mass is 267 g/mol. The van der Waals surface area contributed by atoms with Crippen LogP contribution in [0.3, 0.4) is 0 Å². The summed E-state index contributed by atoms with van der Waals surface area (Å²) in [5.74, 6) is 0.790. The van der Waals surface area contributed by atoms with Crippen LogP contribution in [-0.2, 0) is 6.42 Å². The quantitative estimate of drug-likeness (QED) is 0.761. The van der Waals surface area contributed by atoms with Gasteiger partial charge in [0.25, 0.3) is 0 Å². The van der Waals surface area contributed by atoms with Crippen LogP contribution in [0, 0.1) is 6.92 Å². The average molecular weight is 267 g/mol. The lowest BCUT2D eigenvalue weighted by molar-refractivity contribution is 0.917. The molecule has 5 nitrogen and oxygen atoms in total. The van der Waals surface area contributed by atoms with Gasteiger partial charge in [-0.1, -0.05) is 17.7 Å². The first-order valence-corrected chi connectivity index (χ1v) is 6.64. The van der Waals surface area contributed by atoms with E-state index in [1.165, 1.54) is 5.56 Å². The van der Waals surface area contributed by atoms with E-state index in [-0.39, 0.29) is 0 Å². The maximum Gasteiger partial charge on any atom is 0.153 e. The first-order chi connectivity index (χ1) is 9.74. The van der Waals surface area contributed by atoms with Crippen molar-refractivity contribution in [3.05, 3.63) is 53.9 Å². The van der Waals surface area contributed by atoms with Gasteiger partial charge in [-0.25, -0.2) is 9.50 Å². The molecule has 0 aliphatic heterocycles. The van der Waals surface area contributed by atoms with Gasteiger partial charge in [-0.05, 0) is 37.7 Å². The van der Waals surface area contributed by atoms with Crippen LogP contribution in [0.5, 0.6) is 0 Å². The van der Waals surface area contributed by atoms with Crippen molar-refractivity contribution in [1.29, 1.82) is 0 Å². The molecule has 0 saturated carbocycles. The first-order valence-electron chi connectivity index (χ1n) is 6.64. The highest BCUT2D eigenvalue weighted by Crippen LogP contribution is 2.15. The zero-order chi connectivity index (χ0) is 13.9. The fourth-order valence-electron chi connectivity index (χ4n) is 2.05. The number of nitrogens with two attached hydrogens (primary N) is 1. The van der Waals surface area contributed by atoms with Gasteiger partial charge in [0.05, 0.1) is 11.9 Å².